The molecule has 1 aliphatic rings. The van der Waals surface area contributed by atoms with E-state index < -0.39 is 10.0 Å². The molecule has 0 fully saturated rings. The van der Waals surface area contributed by atoms with Gasteiger partial charge >= 0.3 is 0 Å². The van der Waals surface area contributed by atoms with Gasteiger partial charge in [-0.1, -0.05) is 28.9 Å². The lowest BCUT2D eigenvalue weighted by Crippen LogP contribution is -2.39. The van der Waals surface area contributed by atoms with Crippen LogP contribution in [0.4, 0.5) is 0 Å². The fourth-order valence-electron chi connectivity index (χ4n) is 2.93. The summed E-state index contributed by atoms with van der Waals surface area (Å²) in [4.78, 5) is 2.12. The highest BCUT2D eigenvalue weighted by Gasteiger charge is 2.29. The zero-order valence-electron chi connectivity index (χ0n) is 13.6. The van der Waals surface area contributed by atoms with E-state index in [0.717, 1.165) is 17.0 Å². The molecule has 24 heavy (non-hydrogen) atoms. The van der Waals surface area contributed by atoms with Crippen LogP contribution in [0.2, 0.25) is 5.02 Å². The van der Waals surface area contributed by atoms with Gasteiger partial charge in [-0.2, -0.15) is 0 Å². The minimum absolute atomic E-state index is 0.108. The molecule has 8 heteroatoms. The van der Waals surface area contributed by atoms with Crippen molar-refractivity contribution in [2.45, 2.75) is 36.7 Å². The first-order valence-electron chi connectivity index (χ1n) is 7.74. The molecule has 0 saturated carbocycles. The van der Waals surface area contributed by atoms with E-state index in [4.69, 9.17) is 16.1 Å². The molecule has 1 atom stereocenters. The van der Waals surface area contributed by atoms with E-state index in [9.17, 15) is 8.42 Å². The molecule has 1 unspecified atom stereocenters. The second-order valence-electron chi connectivity index (χ2n) is 6.26. The molecule has 130 valence electrons. The molecular formula is C16H20ClN3O3S. The summed E-state index contributed by atoms with van der Waals surface area (Å²) in [5.41, 5.74) is 1.89. The van der Waals surface area contributed by atoms with Crippen molar-refractivity contribution in [3.05, 3.63) is 46.3 Å². The molecule has 0 aliphatic heterocycles. The third-order valence-corrected chi connectivity index (χ3v) is 6.06. The quantitative estimate of drug-likeness (QED) is 0.874. The number of hydrogen-bond donors (Lipinski definition) is 1. The third-order valence-electron chi connectivity index (χ3n) is 4.04. The summed E-state index contributed by atoms with van der Waals surface area (Å²) in [7, 11) is 0.264. The number of hydrogen-bond acceptors (Lipinski definition) is 5. The highest BCUT2D eigenvalue weighted by Crippen LogP contribution is 2.27. The third kappa shape index (κ3) is 3.64. The maximum atomic E-state index is 12.6. The van der Waals surface area contributed by atoms with Crippen LogP contribution in [0.1, 0.15) is 23.4 Å². The number of halogens is 1. The van der Waals surface area contributed by atoms with Crippen molar-refractivity contribution in [2.24, 2.45) is 0 Å². The maximum Gasteiger partial charge on any atom is 0.242 e. The lowest BCUT2D eigenvalue weighted by atomic mass is 9.92. The standard InChI is InChI=1S/C16H20ClN3O3S/c1-20(2)10-14-12-9-11(7-8-15(12)23-18-14)19-24(21,22)16-6-4-3-5-13(16)17/h3-6,11,19H,7-10H2,1-2H3. The van der Waals surface area contributed by atoms with E-state index in [1.807, 2.05) is 19.0 Å². The van der Waals surface area contributed by atoms with Gasteiger partial charge in [-0.3, -0.25) is 0 Å². The van der Waals surface area contributed by atoms with Crippen LogP contribution in [-0.4, -0.2) is 38.6 Å². The number of rotatable bonds is 5. The Morgan fingerprint density at radius 3 is 2.83 bits per heavy atom. The van der Waals surface area contributed by atoms with Crippen LogP contribution in [0.3, 0.4) is 0 Å². The van der Waals surface area contributed by atoms with E-state index in [1.54, 1.807) is 18.2 Å². The molecule has 0 bridgehead atoms. The Bertz CT molecular complexity index is 833. The van der Waals surface area contributed by atoms with Gasteiger partial charge in [0.15, 0.2) is 0 Å². The molecule has 1 aromatic carbocycles. The van der Waals surface area contributed by atoms with E-state index in [-0.39, 0.29) is 16.0 Å². The van der Waals surface area contributed by atoms with E-state index in [1.165, 1.54) is 6.07 Å². The number of sulfonamides is 1. The number of benzene rings is 1. The van der Waals surface area contributed by atoms with Crippen molar-refractivity contribution in [1.29, 1.82) is 0 Å². The molecule has 0 amide bonds. The summed E-state index contributed by atoms with van der Waals surface area (Å²) < 4.78 is 33.3. The lowest BCUT2D eigenvalue weighted by molar-refractivity contribution is 0.343. The predicted molar refractivity (Wildman–Crippen MR) is 91.5 cm³/mol. The van der Waals surface area contributed by atoms with Gasteiger partial charge in [0.05, 0.1) is 5.02 Å². The Kier molecular flexibility index (Phi) is 4.96. The number of aromatic nitrogens is 1. The first-order chi connectivity index (χ1) is 11.4. The minimum atomic E-state index is -3.66. The highest BCUT2D eigenvalue weighted by molar-refractivity contribution is 7.89. The van der Waals surface area contributed by atoms with E-state index >= 15 is 0 Å². The Balaban J connectivity index is 1.79. The van der Waals surface area contributed by atoms with Crippen LogP contribution in [0.5, 0.6) is 0 Å². The van der Waals surface area contributed by atoms with Crippen LogP contribution in [0, 0.1) is 0 Å². The van der Waals surface area contributed by atoms with Gasteiger partial charge in [0.1, 0.15) is 16.3 Å². The molecule has 1 N–H and O–H groups in total. The monoisotopic (exact) mass is 369 g/mol. The average molecular weight is 370 g/mol. The van der Waals surface area contributed by atoms with Gasteiger partial charge in [0, 0.05) is 24.6 Å². The number of aryl methyl sites for hydroxylation is 1. The summed E-state index contributed by atoms with van der Waals surface area (Å²) in [6.45, 7) is 0.669. The summed E-state index contributed by atoms with van der Waals surface area (Å²) >= 11 is 6.02. The molecule has 0 radical (unpaired) electrons. The highest BCUT2D eigenvalue weighted by atomic mass is 35.5. The SMILES string of the molecule is CN(C)Cc1noc2c1CC(NS(=O)(=O)c1ccccc1Cl)CC2. The van der Waals surface area contributed by atoms with Gasteiger partial charge in [-0.05, 0) is 39.1 Å². The molecule has 1 heterocycles. The minimum Gasteiger partial charge on any atom is -0.361 e. The maximum absolute atomic E-state index is 12.6. The topological polar surface area (TPSA) is 75.4 Å². The predicted octanol–water partition coefficient (Wildman–Crippen LogP) is 2.23. The van der Waals surface area contributed by atoms with Crippen LogP contribution in [0.15, 0.2) is 33.7 Å². The van der Waals surface area contributed by atoms with Gasteiger partial charge in [-0.25, -0.2) is 13.1 Å². The number of nitrogens with zero attached hydrogens (tertiary/aromatic N) is 2. The largest absolute Gasteiger partial charge is 0.361 e. The number of nitrogens with one attached hydrogen (secondary N) is 1. The van der Waals surface area contributed by atoms with Crippen molar-refractivity contribution in [3.8, 4) is 0 Å². The normalized spacial score (nSPS) is 17.9. The van der Waals surface area contributed by atoms with Crippen LogP contribution in [-0.2, 0) is 29.4 Å². The molecule has 2 aromatic rings. The summed E-state index contributed by atoms with van der Waals surface area (Å²) in [6.07, 6.45) is 1.92. The van der Waals surface area contributed by atoms with Gasteiger partial charge in [0.25, 0.3) is 0 Å². The van der Waals surface area contributed by atoms with Crippen molar-refractivity contribution in [1.82, 2.24) is 14.8 Å². The molecule has 6 nitrogen and oxygen atoms in total. The Hall–Kier alpha value is -1.41. The molecule has 1 aliphatic carbocycles. The molecule has 1 aromatic heterocycles. The van der Waals surface area contributed by atoms with E-state index in [2.05, 4.69) is 9.88 Å². The van der Waals surface area contributed by atoms with Crippen LogP contribution < -0.4 is 4.72 Å². The first kappa shape index (κ1) is 17.4. The van der Waals surface area contributed by atoms with Gasteiger partial charge in [-0.15, -0.1) is 0 Å². The van der Waals surface area contributed by atoms with Crippen molar-refractivity contribution >= 4 is 21.6 Å². The molecule has 0 saturated heterocycles. The summed E-state index contributed by atoms with van der Waals surface area (Å²) in [6, 6.07) is 6.26. The molecular weight excluding hydrogens is 350 g/mol. The number of fused-ring (bicyclic) bond motifs is 1. The van der Waals surface area contributed by atoms with Crippen molar-refractivity contribution in [2.75, 3.05) is 14.1 Å². The second-order valence-corrected chi connectivity index (χ2v) is 8.35. The average Bonchev–Trinajstić information content (AvgIpc) is 2.89. The van der Waals surface area contributed by atoms with Crippen LogP contribution >= 0.6 is 11.6 Å². The smallest absolute Gasteiger partial charge is 0.242 e. The lowest BCUT2D eigenvalue weighted by Gasteiger charge is -2.23. The Morgan fingerprint density at radius 1 is 1.38 bits per heavy atom. The van der Waals surface area contributed by atoms with Crippen molar-refractivity contribution < 1.29 is 12.9 Å². The van der Waals surface area contributed by atoms with Gasteiger partial charge in [0.2, 0.25) is 10.0 Å². The Labute approximate surface area is 146 Å². The zero-order valence-corrected chi connectivity index (χ0v) is 15.2. The van der Waals surface area contributed by atoms with E-state index in [0.29, 0.717) is 25.8 Å². The fraction of sp³-hybridized carbons (Fsp3) is 0.438. The second kappa shape index (κ2) is 6.84. The fourth-order valence-corrected chi connectivity index (χ4v) is 4.72. The summed E-state index contributed by atoms with van der Waals surface area (Å²) in [5.74, 6) is 0.861. The molecule has 0 spiro atoms. The van der Waals surface area contributed by atoms with Crippen LogP contribution in [0.25, 0.3) is 0 Å². The molecule has 3 rings (SSSR count). The van der Waals surface area contributed by atoms with Crippen molar-refractivity contribution in [3.63, 3.8) is 0 Å². The van der Waals surface area contributed by atoms with Gasteiger partial charge < -0.3 is 9.42 Å². The first-order valence-corrected chi connectivity index (χ1v) is 9.61. The summed E-state index contributed by atoms with van der Waals surface area (Å²) in [5, 5.41) is 4.35. The zero-order chi connectivity index (χ0) is 17.3. The Morgan fingerprint density at radius 2 is 2.12 bits per heavy atom.